The molecule has 0 fully saturated rings. The van der Waals surface area contributed by atoms with Gasteiger partial charge in [0.1, 0.15) is 12.4 Å². The van der Waals surface area contributed by atoms with Gasteiger partial charge in [-0.3, -0.25) is 0 Å². The third-order valence-electron chi connectivity index (χ3n) is 2.42. The third-order valence-corrected chi connectivity index (χ3v) is 2.91. The molecule has 2 aromatic rings. The minimum atomic E-state index is -0.905. The van der Waals surface area contributed by atoms with Gasteiger partial charge in [-0.25, -0.2) is 8.78 Å². The summed E-state index contributed by atoms with van der Waals surface area (Å²) in [6, 6.07) is 11.2. The lowest BCUT2D eigenvalue weighted by atomic mass is 10.3. The molecule has 2 nitrogen and oxygen atoms in total. The number of hydrogen-bond donors (Lipinski definition) is 1. The molecule has 0 bridgehead atoms. The quantitative estimate of drug-likeness (QED) is 0.830. The molecule has 0 amide bonds. The van der Waals surface area contributed by atoms with Crippen LogP contribution in [0.5, 0.6) is 5.75 Å². The Bertz CT molecular complexity index is 563. The van der Waals surface area contributed by atoms with Gasteiger partial charge >= 0.3 is 0 Å². The van der Waals surface area contributed by atoms with Gasteiger partial charge in [0.15, 0.2) is 11.6 Å². The van der Waals surface area contributed by atoms with Crippen LogP contribution in [0.3, 0.4) is 0 Å². The fourth-order valence-electron chi connectivity index (χ4n) is 1.53. The van der Waals surface area contributed by atoms with Crippen molar-refractivity contribution in [1.82, 2.24) is 0 Å². The Kier molecular flexibility index (Phi) is 4.74. The molecule has 100 valence electrons. The van der Waals surface area contributed by atoms with E-state index in [1.165, 1.54) is 6.07 Å². The van der Waals surface area contributed by atoms with E-state index in [1.54, 1.807) is 0 Å². The van der Waals surface area contributed by atoms with Gasteiger partial charge in [0, 0.05) is 22.8 Å². The van der Waals surface area contributed by atoms with E-state index >= 15 is 0 Å². The maximum atomic E-state index is 12.9. The normalized spacial score (nSPS) is 10.3. The van der Waals surface area contributed by atoms with Crippen molar-refractivity contribution in [3.8, 4) is 5.75 Å². The van der Waals surface area contributed by atoms with E-state index in [0.29, 0.717) is 18.9 Å². The van der Waals surface area contributed by atoms with Crippen molar-refractivity contribution in [2.24, 2.45) is 0 Å². The first kappa shape index (κ1) is 13.8. The van der Waals surface area contributed by atoms with Gasteiger partial charge in [0.05, 0.1) is 0 Å². The molecule has 0 aromatic heterocycles. The summed E-state index contributed by atoms with van der Waals surface area (Å²) in [4.78, 5) is 0. The van der Waals surface area contributed by atoms with Crippen LogP contribution in [0.15, 0.2) is 46.9 Å². The number of rotatable bonds is 5. The molecule has 2 rings (SSSR count). The monoisotopic (exact) mass is 327 g/mol. The summed E-state index contributed by atoms with van der Waals surface area (Å²) < 4.78 is 31.9. The average Bonchev–Trinajstić information content (AvgIpc) is 2.39. The van der Waals surface area contributed by atoms with Crippen LogP contribution in [0.4, 0.5) is 14.5 Å². The van der Waals surface area contributed by atoms with Crippen molar-refractivity contribution >= 4 is 21.6 Å². The number of ether oxygens (including phenoxy) is 1. The number of hydrogen-bond acceptors (Lipinski definition) is 2. The SMILES string of the molecule is Fc1ccc(OCCNc2cccc(Br)c2)cc1F. The molecular weight excluding hydrogens is 316 g/mol. The first-order valence-electron chi connectivity index (χ1n) is 5.72. The van der Waals surface area contributed by atoms with E-state index in [0.717, 1.165) is 22.3 Å². The van der Waals surface area contributed by atoms with Crippen molar-refractivity contribution < 1.29 is 13.5 Å². The van der Waals surface area contributed by atoms with Gasteiger partial charge in [0.25, 0.3) is 0 Å². The van der Waals surface area contributed by atoms with Crippen LogP contribution >= 0.6 is 15.9 Å². The van der Waals surface area contributed by atoms with Crippen molar-refractivity contribution in [2.45, 2.75) is 0 Å². The number of benzene rings is 2. The van der Waals surface area contributed by atoms with Gasteiger partial charge in [-0.2, -0.15) is 0 Å². The van der Waals surface area contributed by atoms with Crippen LogP contribution in [0.2, 0.25) is 0 Å². The highest BCUT2D eigenvalue weighted by Crippen LogP contribution is 2.16. The van der Waals surface area contributed by atoms with Crippen LogP contribution < -0.4 is 10.1 Å². The highest BCUT2D eigenvalue weighted by molar-refractivity contribution is 9.10. The lowest BCUT2D eigenvalue weighted by Crippen LogP contribution is -2.11. The second kappa shape index (κ2) is 6.52. The number of halogens is 3. The smallest absolute Gasteiger partial charge is 0.162 e. The first-order valence-corrected chi connectivity index (χ1v) is 6.52. The van der Waals surface area contributed by atoms with Crippen LogP contribution in [-0.4, -0.2) is 13.2 Å². The zero-order valence-electron chi connectivity index (χ0n) is 10.00. The molecule has 0 unspecified atom stereocenters. The van der Waals surface area contributed by atoms with Crippen LogP contribution in [0.1, 0.15) is 0 Å². The Labute approximate surface area is 118 Å². The fraction of sp³-hybridized carbons (Fsp3) is 0.143. The third kappa shape index (κ3) is 4.21. The molecule has 0 spiro atoms. The fourth-order valence-corrected chi connectivity index (χ4v) is 1.93. The Hall–Kier alpha value is -1.62. The van der Waals surface area contributed by atoms with Crippen LogP contribution in [0, 0.1) is 11.6 Å². The molecule has 0 saturated carbocycles. The lowest BCUT2D eigenvalue weighted by molar-refractivity contribution is 0.329. The van der Waals surface area contributed by atoms with Crippen molar-refractivity contribution in [1.29, 1.82) is 0 Å². The summed E-state index contributed by atoms with van der Waals surface area (Å²) in [5.41, 5.74) is 0.961. The molecule has 0 heterocycles. The van der Waals surface area contributed by atoms with Gasteiger partial charge < -0.3 is 10.1 Å². The van der Waals surface area contributed by atoms with E-state index in [4.69, 9.17) is 4.74 Å². The highest BCUT2D eigenvalue weighted by Gasteiger charge is 2.02. The van der Waals surface area contributed by atoms with E-state index < -0.39 is 11.6 Å². The molecule has 0 aliphatic rings. The summed E-state index contributed by atoms with van der Waals surface area (Å²) >= 11 is 3.37. The van der Waals surface area contributed by atoms with Gasteiger partial charge in [0.2, 0.25) is 0 Å². The Morgan fingerprint density at radius 2 is 1.89 bits per heavy atom. The second-order valence-electron chi connectivity index (χ2n) is 3.86. The van der Waals surface area contributed by atoms with Crippen molar-refractivity contribution in [3.63, 3.8) is 0 Å². The van der Waals surface area contributed by atoms with E-state index in [2.05, 4.69) is 21.2 Å². The minimum absolute atomic E-state index is 0.315. The van der Waals surface area contributed by atoms with Gasteiger partial charge in [-0.05, 0) is 30.3 Å². The summed E-state index contributed by atoms with van der Waals surface area (Å²) in [7, 11) is 0. The molecule has 2 aromatic carbocycles. The standard InChI is InChI=1S/C14H12BrF2NO/c15-10-2-1-3-11(8-10)18-6-7-19-12-4-5-13(16)14(17)9-12/h1-5,8-9,18H,6-7H2. The number of anilines is 1. The molecule has 0 aliphatic heterocycles. The second-order valence-corrected chi connectivity index (χ2v) is 4.78. The predicted molar refractivity (Wildman–Crippen MR) is 74.5 cm³/mol. The molecule has 0 radical (unpaired) electrons. The van der Waals surface area contributed by atoms with Gasteiger partial charge in [-0.15, -0.1) is 0 Å². The zero-order valence-corrected chi connectivity index (χ0v) is 11.6. The molecule has 1 N–H and O–H groups in total. The Morgan fingerprint density at radius 1 is 1.05 bits per heavy atom. The molecule has 19 heavy (non-hydrogen) atoms. The largest absolute Gasteiger partial charge is 0.492 e. The van der Waals surface area contributed by atoms with Crippen LogP contribution in [0.25, 0.3) is 0 Å². The molecule has 0 aliphatic carbocycles. The molecule has 0 atom stereocenters. The lowest BCUT2D eigenvalue weighted by Gasteiger charge is -2.09. The summed E-state index contributed by atoms with van der Waals surface area (Å²) in [6.07, 6.45) is 0. The molecular formula is C14H12BrF2NO. The van der Waals surface area contributed by atoms with E-state index in [-0.39, 0.29) is 0 Å². The molecule has 5 heteroatoms. The summed E-state index contributed by atoms with van der Waals surface area (Å²) in [5.74, 6) is -1.47. The van der Waals surface area contributed by atoms with Crippen LogP contribution in [-0.2, 0) is 0 Å². The first-order chi connectivity index (χ1) is 9.15. The molecule has 0 saturated heterocycles. The van der Waals surface area contributed by atoms with E-state index in [1.807, 2.05) is 24.3 Å². The van der Waals surface area contributed by atoms with E-state index in [9.17, 15) is 8.78 Å². The maximum absolute atomic E-state index is 12.9. The Balaban J connectivity index is 1.79. The topological polar surface area (TPSA) is 21.3 Å². The highest BCUT2D eigenvalue weighted by atomic mass is 79.9. The van der Waals surface area contributed by atoms with Gasteiger partial charge in [-0.1, -0.05) is 22.0 Å². The Morgan fingerprint density at radius 3 is 2.63 bits per heavy atom. The minimum Gasteiger partial charge on any atom is -0.492 e. The van der Waals surface area contributed by atoms with Crippen molar-refractivity contribution in [3.05, 3.63) is 58.6 Å². The predicted octanol–water partition coefficient (Wildman–Crippen LogP) is 4.22. The number of nitrogens with one attached hydrogen (secondary N) is 1. The zero-order chi connectivity index (χ0) is 13.7. The van der Waals surface area contributed by atoms with Crippen molar-refractivity contribution in [2.75, 3.05) is 18.5 Å². The maximum Gasteiger partial charge on any atom is 0.162 e. The summed E-state index contributed by atoms with van der Waals surface area (Å²) in [6.45, 7) is 0.924. The average molecular weight is 328 g/mol. The summed E-state index contributed by atoms with van der Waals surface area (Å²) in [5, 5.41) is 3.16.